The largest absolute Gasteiger partial charge is 0.492 e. The molecule has 0 atom stereocenters. The lowest BCUT2D eigenvalue weighted by atomic mass is 10.2. The van der Waals surface area contributed by atoms with Gasteiger partial charge in [0.25, 0.3) is 0 Å². The molecule has 0 saturated heterocycles. The molecular formula is C13H22N2O2. The summed E-state index contributed by atoms with van der Waals surface area (Å²) >= 11 is 0. The van der Waals surface area contributed by atoms with Gasteiger partial charge in [-0.05, 0) is 32.5 Å². The van der Waals surface area contributed by atoms with Crippen LogP contribution in [0.4, 0.5) is 0 Å². The van der Waals surface area contributed by atoms with Crippen LogP contribution >= 0.6 is 0 Å². The number of aromatic nitrogens is 1. The van der Waals surface area contributed by atoms with E-state index in [1.54, 1.807) is 0 Å². The number of nitrogens with zero attached hydrogens (tertiary/aromatic N) is 1. The molecule has 4 nitrogen and oxygen atoms in total. The summed E-state index contributed by atoms with van der Waals surface area (Å²) in [6.45, 7) is 6.70. The van der Waals surface area contributed by atoms with E-state index in [0.29, 0.717) is 13.2 Å². The molecule has 1 heterocycles. The van der Waals surface area contributed by atoms with Crippen LogP contribution in [-0.4, -0.2) is 31.3 Å². The number of ether oxygens (including phenoxy) is 2. The highest BCUT2D eigenvalue weighted by Crippen LogP contribution is 2.17. The average molecular weight is 238 g/mol. The van der Waals surface area contributed by atoms with Crippen LogP contribution in [0, 0.1) is 6.92 Å². The normalized spacial score (nSPS) is 10.5. The summed E-state index contributed by atoms with van der Waals surface area (Å²) in [7, 11) is 0. The van der Waals surface area contributed by atoms with Crippen LogP contribution in [0.1, 0.15) is 24.7 Å². The van der Waals surface area contributed by atoms with E-state index >= 15 is 0 Å². The SMILES string of the molecule is CCOCCCOc1ccc(C)nc1CCN. The van der Waals surface area contributed by atoms with Crippen LogP contribution < -0.4 is 10.5 Å². The highest BCUT2D eigenvalue weighted by atomic mass is 16.5. The molecular weight excluding hydrogens is 216 g/mol. The molecule has 1 aromatic rings. The molecule has 0 aliphatic heterocycles. The first-order valence-corrected chi connectivity index (χ1v) is 6.15. The Kier molecular flexibility index (Phi) is 6.58. The maximum atomic E-state index is 5.69. The molecule has 96 valence electrons. The van der Waals surface area contributed by atoms with E-state index in [2.05, 4.69) is 4.98 Å². The van der Waals surface area contributed by atoms with Crippen LogP contribution in [0.2, 0.25) is 0 Å². The van der Waals surface area contributed by atoms with E-state index in [9.17, 15) is 0 Å². The summed E-state index contributed by atoms with van der Waals surface area (Å²) in [6.07, 6.45) is 1.65. The zero-order chi connectivity index (χ0) is 12.5. The van der Waals surface area contributed by atoms with Gasteiger partial charge in [-0.2, -0.15) is 0 Å². The molecule has 0 aliphatic carbocycles. The Morgan fingerprint density at radius 2 is 2.12 bits per heavy atom. The van der Waals surface area contributed by atoms with Crippen molar-refractivity contribution < 1.29 is 9.47 Å². The first-order valence-electron chi connectivity index (χ1n) is 6.15. The van der Waals surface area contributed by atoms with Gasteiger partial charge >= 0.3 is 0 Å². The highest BCUT2D eigenvalue weighted by Gasteiger charge is 2.04. The van der Waals surface area contributed by atoms with Gasteiger partial charge in [-0.15, -0.1) is 0 Å². The van der Waals surface area contributed by atoms with E-state index in [-0.39, 0.29) is 0 Å². The van der Waals surface area contributed by atoms with E-state index < -0.39 is 0 Å². The molecule has 4 heteroatoms. The first kappa shape index (κ1) is 13.9. The fraction of sp³-hybridized carbons (Fsp3) is 0.615. The zero-order valence-corrected chi connectivity index (χ0v) is 10.7. The molecule has 0 aliphatic rings. The molecule has 0 aromatic carbocycles. The monoisotopic (exact) mass is 238 g/mol. The number of rotatable bonds is 8. The van der Waals surface area contributed by atoms with E-state index in [0.717, 1.165) is 43.2 Å². The second-order valence-electron chi connectivity index (χ2n) is 3.84. The van der Waals surface area contributed by atoms with Crippen molar-refractivity contribution in [3.05, 3.63) is 23.5 Å². The van der Waals surface area contributed by atoms with Crippen LogP contribution in [0.15, 0.2) is 12.1 Å². The molecule has 0 bridgehead atoms. The number of nitrogens with two attached hydrogens (primary N) is 1. The second-order valence-corrected chi connectivity index (χ2v) is 3.84. The third kappa shape index (κ3) is 5.15. The second kappa shape index (κ2) is 8.03. The van der Waals surface area contributed by atoms with Gasteiger partial charge in [0, 0.05) is 31.7 Å². The van der Waals surface area contributed by atoms with Crippen molar-refractivity contribution in [2.24, 2.45) is 5.73 Å². The lowest BCUT2D eigenvalue weighted by Crippen LogP contribution is -2.09. The van der Waals surface area contributed by atoms with Crippen LogP contribution in [-0.2, 0) is 11.2 Å². The lowest BCUT2D eigenvalue weighted by molar-refractivity contribution is 0.130. The molecule has 0 spiro atoms. The van der Waals surface area contributed by atoms with Crippen molar-refractivity contribution in [2.75, 3.05) is 26.4 Å². The third-order valence-electron chi connectivity index (χ3n) is 2.35. The zero-order valence-electron chi connectivity index (χ0n) is 10.7. The smallest absolute Gasteiger partial charge is 0.140 e. The molecule has 1 aromatic heterocycles. The van der Waals surface area contributed by atoms with Crippen molar-refractivity contribution in [3.63, 3.8) is 0 Å². The number of aryl methyl sites for hydroxylation is 1. The summed E-state index contributed by atoms with van der Waals surface area (Å²) in [6, 6.07) is 3.92. The van der Waals surface area contributed by atoms with Crippen LogP contribution in [0.3, 0.4) is 0 Å². The van der Waals surface area contributed by atoms with Gasteiger partial charge in [0.15, 0.2) is 0 Å². The molecule has 0 radical (unpaired) electrons. The molecule has 2 N–H and O–H groups in total. The quantitative estimate of drug-likeness (QED) is 0.700. The van der Waals surface area contributed by atoms with Crippen molar-refractivity contribution >= 4 is 0 Å². The minimum atomic E-state index is 0.589. The predicted molar refractivity (Wildman–Crippen MR) is 68.3 cm³/mol. The average Bonchev–Trinajstić information content (AvgIpc) is 2.32. The predicted octanol–water partition coefficient (Wildman–Crippen LogP) is 1.70. The maximum Gasteiger partial charge on any atom is 0.140 e. The Labute approximate surface area is 103 Å². The number of pyridine rings is 1. The van der Waals surface area contributed by atoms with Gasteiger partial charge in [0.1, 0.15) is 5.75 Å². The topological polar surface area (TPSA) is 57.4 Å². The fourth-order valence-electron chi connectivity index (χ4n) is 1.53. The molecule has 17 heavy (non-hydrogen) atoms. The van der Waals surface area contributed by atoms with E-state index in [4.69, 9.17) is 15.2 Å². The lowest BCUT2D eigenvalue weighted by Gasteiger charge is -2.11. The summed E-state index contributed by atoms with van der Waals surface area (Å²) in [4.78, 5) is 4.44. The van der Waals surface area contributed by atoms with E-state index in [1.165, 1.54) is 0 Å². The van der Waals surface area contributed by atoms with Crippen molar-refractivity contribution in [2.45, 2.75) is 26.7 Å². The third-order valence-corrected chi connectivity index (χ3v) is 2.35. The molecule has 1 rings (SSSR count). The van der Waals surface area contributed by atoms with Gasteiger partial charge < -0.3 is 15.2 Å². The van der Waals surface area contributed by atoms with Crippen LogP contribution in [0.5, 0.6) is 5.75 Å². The standard InChI is InChI=1S/C13H22N2O2/c1-3-16-9-4-10-17-13-6-5-11(2)15-12(13)7-8-14/h5-6H,3-4,7-10,14H2,1-2H3. The van der Waals surface area contributed by atoms with Crippen molar-refractivity contribution in [3.8, 4) is 5.75 Å². The Hall–Kier alpha value is -1.13. The summed E-state index contributed by atoms with van der Waals surface area (Å²) in [5.74, 6) is 0.845. The summed E-state index contributed by atoms with van der Waals surface area (Å²) in [5, 5.41) is 0. The Bertz CT molecular complexity index is 329. The molecule has 0 amide bonds. The Balaban J connectivity index is 2.45. The molecule has 0 saturated carbocycles. The first-order chi connectivity index (χ1) is 8.27. The number of hydrogen-bond donors (Lipinski definition) is 1. The van der Waals surface area contributed by atoms with Gasteiger partial charge in [-0.25, -0.2) is 0 Å². The number of hydrogen-bond acceptors (Lipinski definition) is 4. The van der Waals surface area contributed by atoms with Gasteiger partial charge in [-0.1, -0.05) is 0 Å². The summed E-state index contributed by atoms with van der Waals surface area (Å²) < 4.78 is 10.9. The van der Waals surface area contributed by atoms with Gasteiger partial charge in [0.05, 0.1) is 12.3 Å². The maximum absolute atomic E-state index is 5.69. The molecule has 0 fully saturated rings. The van der Waals surface area contributed by atoms with Gasteiger partial charge in [0.2, 0.25) is 0 Å². The van der Waals surface area contributed by atoms with Crippen molar-refractivity contribution in [1.29, 1.82) is 0 Å². The van der Waals surface area contributed by atoms with Crippen LogP contribution in [0.25, 0.3) is 0 Å². The van der Waals surface area contributed by atoms with Gasteiger partial charge in [-0.3, -0.25) is 4.98 Å². The minimum absolute atomic E-state index is 0.589. The Morgan fingerprint density at radius 3 is 2.82 bits per heavy atom. The highest BCUT2D eigenvalue weighted by molar-refractivity contribution is 5.29. The Morgan fingerprint density at radius 1 is 1.29 bits per heavy atom. The van der Waals surface area contributed by atoms with E-state index in [1.807, 2.05) is 26.0 Å². The minimum Gasteiger partial charge on any atom is -0.492 e. The van der Waals surface area contributed by atoms with Crippen molar-refractivity contribution in [1.82, 2.24) is 4.98 Å². The summed E-state index contributed by atoms with van der Waals surface area (Å²) in [5.41, 5.74) is 7.50. The fourth-order valence-corrected chi connectivity index (χ4v) is 1.53. The molecule has 0 unspecified atom stereocenters.